The normalized spacial score (nSPS) is 16.9. The molecule has 0 spiro atoms. The molecular formula is C19H22F2N2O3S. The first-order valence-corrected chi connectivity index (χ1v) is 9.54. The van der Waals surface area contributed by atoms with Gasteiger partial charge in [-0.1, -0.05) is 6.07 Å². The SMILES string of the molecule is COc1cc(CNC(=O)CN2CCc3sccc3[C@H]2C)ccc1OC(F)F. The fraction of sp³-hybridized carbons (Fsp3) is 0.421. The highest BCUT2D eigenvalue weighted by atomic mass is 32.1. The zero-order valence-electron chi connectivity index (χ0n) is 15.2. The standard InChI is InChI=1S/C19H22F2N2O3S/c1-12-14-6-8-27-17(14)5-7-23(12)11-18(24)22-10-13-3-4-15(26-19(20)21)16(9-13)25-2/h3-4,6,8-9,12,19H,5,7,10-11H2,1-2H3,(H,22,24)/t12-/m1/s1. The van der Waals surface area contributed by atoms with Crippen LogP contribution in [0.2, 0.25) is 0 Å². The Labute approximate surface area is 160 Å². The monoisotopic (exact) mass is 396 g/mol. The van der Waals surface area contributed by atoms with Crippen molar-refractivity contribution < 1.29 is 23.0 Å². The van der Waals surface area contributed by atoms with E-state index in [0.29, 0.717) is 6.54 Å². The summed E-state index contributed by atoms with van der Waals surface area (Å²) in [5.74, 6) is 0.0976. The highest BCUT2D eigenvalue weighted by molar-refractivity contribution is 7.10. The van der Waals surface area contributed by atoms with Crippen LogP contribution in [-0.4, -0.2) is 37.6 Å². The van der Waals surface area contributed by atoms with E-state index in [2.05, 4.69) is 33.3 Å². The van der Waals surface area contributed by atoms with Gasteiger partial charge in [0, 0.05) is 24.0 Å². The Hall–Kier alpha value is -2.19. The molecule has 1 N–H and O–H groups in total. The molecule has 1 aromatic heterocycles. The summed E-state index contributed by atoms with van der Waals surface area (Å²) in [6.07, 6.45) is 0.966. The molecule has 1 atom stereocenters. The Balaban J connectivity index is 1.55. The van der Waals surface area contributed by atoms with Gasteiger partial charge in [-0.25, -0.2) is 0 Å². The minimum atomic E-state index is -2.92. The van der Waals surface area contributed by atoms with Gasteiger partial charge in [-0.05, 0) is 48.1 Å². The first-order chi connectivity index (χ1) is 13.0. The third kappa shape index (κ3) is 4.75. The Morgan fingerprint density at radius 2 is 2.19 bits per heavy atom. The summed E-state index contributed by atoms with van der Waals surface area (Å²) in [6.45, 7) is 0.663. The molecule has 5 nitrogen and oxygen atoms in total. The van der Waals surface area contributed by atoms with Crippen LogP contribution in [0.1, 0.15) is 29.0 Å². The van der Waals surface area contributed by atoms with Crippen LogP contribution in [0.15, 0.2) is 29.6 Å². The molecule has 3 rings (SSSR count). The number of hydrogen-bond donors (Lipinski definition) is 1. The number of nitrogens with zero attached hydrogens (tertiary/aromatic N) is 1. The van der Waals surface area contributed by atoms with Crippen LogP contribution in [0.3, 0.4) is 0 Å². The van der Waals surface area contributed by atoms with Gasteiger partial charge in [-0.3, -0.25) is 9.69 Å². The number of amides is 1. The lowest BCUT2D eigenvalue weighted by atomic mass is 10.0. The smallest absolute Gasteiger partial charge is 0.387 e. The molecule has 1 aliphatic heterocycles. The van der Waals surface area contributed by atoms with Crippen molar-refractivity contribution in [3.8, 4) is 11.5 Å². The van der Waals surface area contributed by atoms with Crippen LogP contribution in [0.5, 0.6) is 11.5 Å². The Morgan fingerprint density at radius 1 is 1.37 bits per heavy atom. The van der Waals surface area contributed by atoms with Crippen molar-refractivity contribution in [2.24, 2.45) is 0 Å². The molecule has 146 valence electrons. The maximum absolute atomic E-state index is 12.4. The molecule has 1 amide bonds. The van der Waals surface area contributed by atoms with Gasteiger partial charge in [0.2, 0.25) is 5.91 Å². The quantitative estimate of drug-likeness (QED) is 0.777. The molecule has 2 aromatic rings. The van der Waals surface area contributed by atoms with E-state index in [9.17, 15) is 13.6 Å². The Morgan fingerprint density at radius 3 is 2.93 bits per heavy atom. The largest absolute Gasteiger partial charge is 0.493 e. The van der Waals surface area contributed by atoms with E-state index in [1.165, 1.54) is 23.6 Å². The molecule has 0 unspecified atom stereocenters. The topological polar surface area (TPSA) is 50.8 Å². The molecule has 2 heterocycles. The number of thiophene rings is 1. The summed E-state index contributed by atoms with van der Waals surface area (Å²) in [5.41, 5.74) is 2.05. The number of benzene rings is 1. The third-order valence-electron chi connectivity index (χ3n) is 4.68. The number of halogens is 2. The number of ether oxygens (including phenoxy) is 2. The maximum Gasteiger partial charge on any atom is 0.387 e. The second-order valence-electron chi connectivity index (χ2n) is 6.34. The van der Waals surface area contributed by atoms with Crippen molar-refractivity contribution in [3.63, 3.8) is 0 Å². The molecule has 1 aromatic carbocycles. The van der Waals surface area contributed by atoms with Crippen LogP contribution < -0.4 is 14.8 Å². The number of fused-ring (bicyclic) bond motifs is 1. The lowest BCUT2D eigenvalue weighted by molar-refractivity contribution is -0.123. The van der Waals surface area contributed by atoms with E-state index in [1.807, 2.05) is 0 Å². The predicted octanol–water partition coefficient (Wildman–Crippen LogP) is 3.59. The third-order valence-corrected chi connectivity index (χ3v) is 5.68. The molecule has 0 aliphatic carbocycles. The second-order valence-corrected chi connectivity index (χ2v) is 7.34. The summed E-state index contributed by atoms with van der Waals surface area (Å²) in [6, 6.07) is 6.97. The van der Waals surface area contributed by atoms with Crippen molar-refractivity contribution in [3.05, 3.63) is 45.6 Å². The summed E-state index contributed by atoms with van der Waals surface area (Å²) in [4.78, 5) is 15.9. The highest BCUT2D eigenvalue weighted by Crippen LogP contribution is 2.32. The summed E-state index contributed by atoms with van der Waals surface area (Å²) < 4.78 is 34.2. The molecule has 27 heavy (non-hydrogen) atoms. The minimum Gasteiger partial charge on any atom is -0.493 e. The number of methoxy groups -OCH3 is 1. The molecule has 8 heteroatoms. The molecule has 0 saturated heterocycles. The summed E-state index contributed by atoms with van der Waals surface area (Å²) in [7, 11) is 1.38. The lowest BCUT2D eigenvalue weighted by Gasteiger charge is -2.32. The van der Waals surface area contributed by atoms with Crippen molar-refractivity contribution in [1.29, 1.82) is 0 Å². The van der Waals surface area contributed by atoms with E-state index in [-0.39, 0.29) is 30.0 Å². The number of alkyl halides is 2. The first-order valence-electron chi connectivity index (χ1n) is 8.66. The minimum absolute atomic E-state index is 0.0312. The van der Waals surface area contributed by atoms with E-state index in [0.717, 1.165) is 18.5 Å². The second kappa shape index (κ2) is 8.67. The summed E-state index contributed by atoms with van der Waals surface area (Å²) >= 11 is 1.77. The zero-order valence-corrected chi connectivity index (χ0v) is 16.0. The van der Waals surface area contributed by atoms with Crippen molar-refractivity contribution in [2.45, 2.75) is 32.5 Å². The van der Waals surface area contributed by atoms with Crippen molar-refractivity contribution in [1.82, 2.24) is 10.2 Å². The number of rotatable bonds is 7. The average Bonchev–Trinajstić information content (AvgIpc) is 3.12. The van der Waals surface area contributed by atoms with Crippen molar-refractivity contribution >= 4 is 17.2 Å². The van der Waals surface area contributed by atoms with Gasteiger partial charge in [0.25, 0.3) is 0 Å². The van der Waals surface area contributed by atoms with E-state index >= 15 is 0 Å². The van der Waals surface area contributed by atoms with Crippen LogP contribution >= 0.6 is 11.3 Å². The van der Waals surface area contributed by atoms with Gasteiger partial charge < -0.3 is 14.8 Å². The maximum atomic E-state index is 12.4. The fourth-order valence-corrected chi connectivity index (χ4v) is 4.20. The molecule has 0 fully saturated rings. The number of carbonyl (C=O) groups excluding carboxylic acids is 1. The van der Waals surface area contributed by atoms with Crippen LogP contribution in [0, 0.1) is 0 Å². The van der Waals surface area contributed by atoms with Gasteiger partial charge in [0.15, 0.2) is 11.5 Å². The van der Waals surface area contributed by atoms with Gasteiger partial charge in [0.1, 0.15) is 0 Å². The fourth-order valence-electron chi connectivity index (χ4n) is 3.23. The number of hydrogen-bond acceptors (Lipinski definition) is 5. The Kier molecular flexibility index (Phi) is 6.28. The van der Waals surface area contributed by atoms with Gasteiger partial charge >= 0.3 is 6.61 Å². The van der Waals surface area contributed by atoms with E-state index < -0.39 is 6.61 Å². The Bertz CT molecular complexity index is 797. The van der Waals surface area contributed by atoms with Gasteiger partial charge in [0.05, 0.1) is 13.7 Å². The predicted molar refractivity (Wildman–Crippen MR) is 99.5 cm³/mol. The van der Waals surface area contributed by atoms with Crippen LogP contribution in [-0.2, 0) is 17.8 Å². The highest BCUT2D eigenvalue weighted by Gasteiger charge is 2.26. The van der Waals surface area contributed by atoms with Gasteiger partial charge in [-0.2, -0.15) is 8.78 Å². The lowest BCUT2D eigenvalue weighted by Crippen LogP contribution is -2.41. The molecular weight excluding hydrogens is 374 g/mol. The van der Waals surface area contributed by atoms with E-state index in [1.54, 1.807) is 23.5 Å². The first kappa shape index (κ1) is 19.6. The van der Waals surface area contributed by atoms with Crippen LogP contribution in [0.25, 0.3) is 0 Å². The van der Waals surface area contributed by atoms with Crippen LogP contribution in [0.4, 0.5) is 8.78 Å². The summed E-state index contributed by atoms with van der Waals surface area (Å²) in [5, 5.41) is 4.97. The van der Waals surface area contributed by atoms with E-state index in [4.69, 9.17) is 4.74 Å². The molecule has 0 radical (unpaired) electrons. The zero-order chi connectivity index (χ0) is 19.4. The molecule has 0 bridgehead atoms. The molecule has 1 aliphatic rings. The van der Waals surface area contributed by atoms with Crippen molar-refractivity contribution in [2.75, 3.05) is 20.2 Å². The number of carbonyl (C=O) groups is 1. The number of nitrogens with one attached hydrogen (secondary N) is 1. The average molecular weight is 396 g/mol. The van der Waals surface area contributed by atoms with Gasteiger partial charge in [-0.15, -0.1) is 11.3 Å². The molecule has 0 saturated carbocycles.